The van der Waals surface area contributed by atoms with Crippen LogP contribution in [0.25, 0.3) is 0 Å². The van der Waals surface area contributed by atoms with Crippen molar-refractivity contribution >= 4 is 71.4 Å². The van der Waals surface area contributed by atoms with Crippen LogP contribution in [0.5, 0.6) is 0 Å². The fourth-order valence-corrected chi connectivity index (χ4v) is 0. The molecule has 0 rings (SSSR count). The number of hydrogen-bond donors (Lipinski definition) is 0. The quantitative estimate of drug-likeness (QED) is 0.437. The molecule has 0 spiro atoms. The zero-order valence-electron chi connectivity index (χ0n) is 2.31. The SMILES string of the molecule is [Al].[B].[Ga].[In]. The molecule has 4 heavy (non-hydrogen) atoms. The van der Waals surface area contributed by atoms with Crippen LogP contribution in [-0.4, -0.2) is 71.4 Å². The predicted octanol–water partition coefficient (Wildman–Crippen LogP) is -1.52. The van der Waals surface area contributed by atoms with E-state index in [0.29, 0.717) is 0 Å². The first-order valence-corrected chi connectivity index (χ1v) is 0. The van der Waals surface area contributed by atoms with Crippen LogP contribution < -0.4 is 0 Å². The molecule has 0 nitrogen and oxygen atoms in total. The molecule has 0 aromatic carbocycles. The van der Waals surface area contributed by atoms with Gasteiger partial charge in [0, 0.05) is 71.4 Å². The van der Waals surface area contributed by atoms with Crippen LogP contribution in [0.15, 0.2) is 0 Å². The number of rotatable bonds is 0. The van der Waals surface area contributed by atoms with Crippen molar-refractivity contribution in [2.24, 2.45) is 0 Å². The normalized spacial score (nSPS) is 0. The molecular weight excluding hydrogens is 222 g/mol. The summed E-state index contributed by atoms with van der Waals surface area (Å²) in [6.45, 7) is 0. The molecule has 0 saturated carbocycles. The van der Waals surface area contributed by atoms with Gasteiger partial charge in [-0.2, -0.15) is 0 Å². The third-order valence-corrected chi connectivity index (χ3v) is 0. The van der Waals surface area contributed by atoms with Crippen molar-refractivity contribution in [2.75, 3.05) is 0 Å². The van der Waals surface area contributed by atoms with Gasteiger partial charge in [0.25, 0.3) is 0 Å². The molecule has 0 N–H and O–H groups in total. The molecule has 0 fully saturated rings. The van der Waals surface area contributed by atoms with Gasteiger partial charge in [0.15, 0.2) is 0 Å². The zero-order chi connectivity index (χ0) is 0. The Morgan fingerprint density at radius 1 is 1.00 bits per heavy atom. The Hall–Kier alpha value is 2.10. The van der Waals surface area contributed by atoms with Crippen molar-refractivity contribution in [3.8, 4) is 0 Å². The zero-order valence-corrected chi connectivity index (χ0v) is 9.18. The van der Waals surface area contributed by atoms with Crippen molar-refractivity contribution in [2.45, 2.75) is 0 Å². The molecule has 0 aromatic heterocycles. The first kappa shape index (κ1) is 35.9. The van der Waals surface area contributed by atoms with E-state index in [1.54, 1.807) is 0 Å². The molecular formula is AlBGaIn. The third-order valence-electron chi connectivity index (χ3n) is 0. The van der Waals surface area contributed by atoms with E-state index >= 15 is 0 Å². The second-order valence-electron chi connectivity index (χ2n) is 0. The first-order valence-electron chi connectivity index (χ1n) is 0. The second-order valence-corrected chi connectivity index (χ2v) is 0. The molecule has 0 atom stereocenters. The minimum Gasteiger partial charge on any atom is 0 e. The summed E-state index contributed by atoms with van der Waals surface area (Å²) in [5.74, 6) is 0. The molecule has 0 unspecified atom stereocenters. The summed E-state index contributed by atoms with van der Waals surface area (Å²) in [4.78, 5) is 0. The Balaban J connectivity index is 0. The van der Waals surface area contributed by atoms with Gasteiger partial charge >= 0.3 is 0 Å². The van der Waals surface area contributed by atoms with E-state index in [-0.39, 0.29) is 71.4 Å². The van der Waals surface area contributed by atoms with Gasteiger partial charge in [-0.25, -0.2) is 0 Å². The van der Waals surface area contributed by atoms with Crippen LogP contribution in [-0.2, 0) is 0 Å². The van der Waals surface area contributed by atoms with Gasteiger partial charge in [0.2, 0.25) is 0 Å². The van der Waals surface area contributed by atoms with Crippen LogP contribution in [0, 0.1) is 0 Å². The van der Waals surface area contributed by atoms with Gasteiger partial charge < -0.3 is 0 Å². The summed E-state index contributed by atoms with van der Waals surface area (Å²) in [6.07, 6.45) is 0. The molecule has 0 heterocycles. The van der Waals surface area contributed by atoms with Gasteiger partial charge in [-0.15, -0.1) is 0 Å². The average Bonchev–Trinajstić information content (AvgIpc) is 0. The van der Waals surface area contributed by atoms with Crippen molar-refractivity contribution in [3.63, 3.8) is 0 Å². The predicted molar refractivity (Wildman–Crippen MR) is 23.0 cm³/mol. The van der Waals surface area contributed by atoms with E-state index in [9.17, 15) is 0 Å². The molecule has 12 valence electrons. The van der Waals surface area contributed by atoms with Gasteiger partial charge in [-0.05, 0) is 0 Å². The van der Waals surface area contributed by atoms with E-state index in [1.165, 1.54) is 0 Å². The largest absolute Gasteiger partial charge is 0 e. The van der Waals surface area contributed by atoms with Crippen molar-refractivity contribution in [1.82, 2.24) is 0 Å². The Morgan fingerprint density at radius 2 is 1.00 bits per heavy atom. The molecule has 0 bridgehead atoms. The molecule has 12 radical (unpaired) electrons. The van der Waals surface area contributed by atoms with E-state index in [1.807, 2.05) is 0 Å². The molecule has 0 aliphatic rings. The molecule has 0 saturated heterocycles. The summed E-state index contributed by atoms with van der Waals surface area (Å²) in [5, 5.41) is 0. The summed E-state index contributed by atoms with van der Waals surface area (Å²) in [5.41, 5.74) is 0. The Bertz CT molecular complexity index is 8.00. The van der Waals surface area contributed by atoms with Crippen LogP contribution in [0.1, 0.15) is 0 Å². The summed E-state index contributed by atoms with van der Waals surface area (Å²) < 4.78 is 0. The van der Waals surface area contributed by atoms with Gasteiger partial charge in [-0.3, -0.25) is 0 Å². The maximum atomic E-state index is 0. The topological polar surface area (TPSA) is 0 Å². The van der Waals surface area contributed by atoms with E-state index < -0.39 is 0 Å². The molecule has 0 aromatic rings. The first-order chi connectivity index (χ1) is 0. The van der Waals surface area contributed by atoms with Crippen molar-refractivity contribution < 1.29 is 0 Å². The van der Waals surface area contributed by atoms with Crippen LogP contribution in [0.2, 0.25) is 0 Å². The van der Waals surface area contributed by atoms with Crippen LogP contribution >= 0.6 is 0 Å². The average molecular weight is 222 g/mol. The van der Waals surface area contributed by atoms with Crippen molar-refractivity contribution in [3.05, 3.63) is 0 Å². The van der Waals surface area contributed by atoms with Gasteiger partial charge in [0.05, 0.1) is 0 Å². The van der Waals surface area contributed by atoms with Crippen LogP contribution in [0.3, 0.4) is 0 Å². The van der Waals surface area contributed by atoms with Crippen molar-refractivity contribution in [1.29, 1.82) is 0 Å². The monoisotopic (exact) mass is 222 g/mol. The second kappa shape index (κ2) is 19.4. The van der Waals surface area contributed by atoms with Gasteiger partial charge in [0.1, 0.15) is 0 Å². The molecule has 0 aliphatic heterocycles. The van der Waals surface area contributed by atoms with Gasteiger partial charge in [-0.1, -0.05) is 0 Å². The Kier molecular flexibility index (Phi) is 174. The number of hydrogen-bond acceptors (Lipinski definition) is 0. The Morgan fingerprint density at radius 3 is 1.00 bits per heavy atom. The molecule has 0 aliphatic carbocycles. The summed E-state index contributed by atoms with van der Waals surface area (Å²) >= 11 is 0. The fraction of sp³-hybridized carbons (Fsp3) is 0. The maximum Gasteiger partial charge on any atom is 0 e. The molecule has 4 heteroatoms. The third kappa shape index (κ3) is 8.93. The fourth-order valence-electron chi connectivity index (χ4n) is 0. The summed E-state index contributed by atoms with van der Waals surface area (Å²) in [6, 6.07) is 0. The van der Waals surface area contributed by atoms with Crippen LogP contribution in [0.4, 0.5) is 0 Å². The van der Waals surface area contributed by atoms with E-state index in [2.05, 4.69) is 0 Å². The smallest absolute Gasteiger partial charge is 0 e. The maximum absolute atomic E-state index is 0. The van der Waals surface area contributed by atoms with E-state index in [4.69, 9.17) is 0 Å². The van der Waals surface area contributed by atoms with E-state index in [0.717, 1.165) is 0 Å². The minimum absolute atomic E-state index is 0. The summed E-state index contributed by atoms with van der Waals surface area (Å²) in [7, 11) is 0. The molecule has 0 amide bonds. The Labute approximate surface area is 70.7 Å². The standard InChI is InChI=1S/Al.B.Ga.In. The minimum atomic E-state index is 0.